The van der Waals surface area contributed by atoms with Crippen molar-refractivity contribution in [3.63, 3.8) is 0 Å². The SMILES string of the molecule is CCCCCCCCC(CCCCCCCC)COC(=O)C(C)CC(C)(C)C. The highest BCUT2D eigenvalue weighted by molar-refractivity contribution is 5.72. The molecule has 0 spiro atoms. The number of esters is 1. The average molecular weight is 397 g/mol. The third-order valence-electron chi connectivity index (χ3n) is 5.71. The summed E-state index contributed by atoms with van der Waals surface area (Å²) < 4.78 is 5.76. The molecule has 0 aromatic heterocycles. The summed E-state index contributed by atoms with van der Waals surface area (Å²) in [5, 5.41) is 0. The quantitative estimate of drug-likeness (QED) is 0.171. The normalized spacial score (nSPS) is 13.1. The van der Waals surface area contributed by atoms with E-state index in [4.69, 9.17) is 4.74 Å². The zero-order valence-electron chi connectivity index (χ0n) is 20.3. The molecule has 0 radical (unpaired) electrons. The highest BCUT2D eigenvalue weighted by Crippen LogP contribution is 2.26. The van der Waals surface area contributed by atoms with Crippen LogP contribution >= 0.6 is 0 Å². The molecule has 0 rings (SSSR count). The fourth-order valence-corrected chi connectivity index (χ4v) is 4.08. The van der Waals surface area contributed by atoms with E-state index in [1.807, 2.05) is 6.92 Å². The van der Waals surface area contributed by atoms with Crippen molar-refractivity contribution in [1.29, 1.82) is 0 Å². The molecule has 0 N–H and O–H groups in total. The fourth-order valence-electron chi connectivity index (χ4n) is 4.08. The van der Waals surface area contributed by atoms with Gasteiger partial charge < -0.3 is 4.74 Å². The first-order valence-electron chi connectivity index (χ1n) is 12.5. The van der Waals surface area contributed by atoms with Crippen LogP contribution in [0.15, 0.2) is 0 Å². The van der Waals surface area contributed by atoms with E-state index < -0.39 is 0 Å². The molecule has 2 nitrogen and oxygen atoms in total. The van der Waals surface area contributed by atoms with Gasteiger partial charge >= 0.3 is 5.97 Å². The van der Waals surface area contributed by atoms with Gasteiger partial charge in [0.25, 0.3) is 0 Å². The molecule has 0 saturated carbocycles. The first-order valence-corrected chi connectivity index (χ1v) is 12.5. The van der Waals surface area contributed by atoms with Gasteiger partial charge in [0.2, 0.25) is 0 Å². The minimum atomic E-state index is 0.00346. The van der Waals surface area contributed by atoms with Crippen molar-refractivity contribution >= 4 is 5.97 Å². The zero-order chi connectivity index (χ0) is 21.3. The van der Waals surface area contributed by atoms with Gasteiger partial charge in [-0.05, 0) is 30.6 Å². The summed E-state index contributed by atoms with van der Waals surface area (Å²) in [7, 11) is 0. The van der Waals surface area contributed by atoms with E-state index in [1.165, 1.54) is 89.9 Å². The van der Waals surface area contributed by atoms with Crippen LogP contribution in [0.5, 0.6) is 0 Å². The molecule has 0 aliphatic rings. The molecule has 0 saturated heterocycles. The van der Waals surface area contributed by atoms with Gasteiger partial charge in [0, 0.05) is 0 Å². The van der Waals surface area contributed by atoms with Crippen LogP contribution in [-0.2, 0) is 9.53 Å². The molecule has 1 atom stereocenters. The van der Waals surface area contributed by atoms with E-state index in [0.717, 1.165) is 6.42 Å². The Hall–Kier alpha value is -0.530. The summed E-state index contributed by atoms with van der Waals surface area (Å²) in [6, 6.07) is 0. The number of carbonyl (C=O) groups is 1. The van der Waals surface area contributed by atoms with E-state index in [1.54, 1.807) is 0 Å². The van der Waals surface area contributed by atoms with Crippen LogP contribution in [0.1, 0.15) is 138 Å². The second kappa shape index (κ2) is 17.3. The van der Waals surface area contributed by atoms with Crippen LogP contribution in [-0.4, -0.2) is 12.6 Å². The minimum absolute atomic E-state index is 0.00346. The molecule has 2 heteroatoms. The van der Waals surface area contributed by atoms with Crippen molar-refractivity contribution in [2.24, 2.45) is 17.3 Å². The maximum atomic E-state index is 12.4. The van der Waals surface area contributed by atoms with Crippen LogP contribution in [0.3, 0.4) is 0 Å². The van der Waals surface area contributed by atoms with Gasteiger partial charge in [0.1, 0.15) is 0 Å². The topological polar surface area (TPSA) is 26.3 Å². The fraction of sp³-hybridized carbons (Fsp3) is 0.962. The predicted octanol–water partition coefficient (Wildman–Crippen LogP) is 8.72. The number of unbranched alkanes of at least 4 members (excludes halogenated alkanes) is 10. The second-order valence-electron chi connectivity index (χ2n) is 10.3. The van der Waals surface area contributed by atoms with Crippen LogP contribution in [0.2, 0.25) is 0 Å². The summed E-state index contributed by atoms with van der Waals surface area (Å²) in [4.78, 5) is 12.4. The van der Waals surface area contributed by atoms with Crippen molar-refractivity contribution in [3.05, 3.63) is 0 Å². The number of rotatable bonds is 18. The lowest BCUT2D eigenvalue weighted by molar-refractivity contribution is -0.150. The molecule has 0 aromatic carbocycles. The molecular weight excluding hydrogens is 344 g/mol. The van der Waals surface area contributed by atoms with Gasteiger partial charge in [-0.15, -0.1) is 0 Å². The molecule has 0 aromatic rings. The number of hydrogen-bond acceptors (Lipinski definition) is 2. The molecule has 0 amide bonds. The third kappa shape index (κ3) is 17.6. The van der Waals surface area contributed by atoms with Gasteiger partial charge in [-0.1, -0.05) is 119 Å². The van der Waals surface area contributed by atoms with E-state index in [-0.39, 0.29) is 17.3 Å². The summed E-state index contributed by atoms with van der Waals surface area (Å²) >= 11 is 0. The van der Waals surface area contributed by atoms with Crippen LogP contribution in [0.4, 0.5) is 0 Å². The summed E-state index contributed by atoms with van der Waals surface area (Å²) in [5.74, 6) is 0.567. The Balaban J connectivity index is 4.23. The highest BCUT2D eigenvalue weighted by atomic mass is 16.5. The lowest BCUT2D eigenvalue weighted by Gasteiger charge is -2.23. The maximum Gasteiger partial charge on any atom is 0.308 e. The van der Waals surface area contributed by atoms with Crippen LogP contribution in [0.25, 0.3) is 0 Å². The Bertz CT molecular complexity index is 340. The van der Waals surface area contributed by atoms with Crippen molar-refractivity contribution in [2.45, 2.75) is 138 Å². The molecule has 0 bridgehead atoms. The number of ether oxygens (including phenoxy) is 1. The van der Waals surface area contributed by atoms with Gasteiger partial charge in [0.05, 0.1) is 12.5 Å². The molecular formula is C26H52O2. The van der Waals surface area contributed by atoms with Crippen molar-refractivity contribution in [1.82, 2.24) is 0 Å². The third-order valence-corrected chi connectivity index (χ3v) is 5.71. The van der Waals surface area contributed by atoms with E-state index in [9.17, 15) is 4.79 Å². The molecule has 0 fully saturated rings. The molecule has 168 valence electrons. The van der Waals surface area contributed by atoms with Crippen LogP contribution in [0, 0.1) is 17.3 Å². The first kappa shape index (κ1) is 27.5. The van der Waals surface area contributed by atoms with Gasteiger partial charge in [-0.25, -0.2) is 0 Å². The first-order chi connectivity index (χ1) is 13.3. The van der Waals surface area contributed by atoms with E-state index in [0.29, 0.717) is 12.5 Å². The van der Waals surface area contributed by atoms with Crippen molar-refractivity contribution in [2.75, 3.05) is 6.61 Å². The second-order valence-corrected chi connectivity index (χ2v) is 10.3. The van der Waals surface area contributed by atoms with Crippen molar-refractivity contribution in [3.8, 4) is 0 Å². The maximum absolute atomic E-state index is 12.4. The predicted molar refractivity (Wildman–Crippen MR) is 124 cm³/mol. The Labute approximate surface area is 177 Å². The lowest BCUT2D eigenvalue weighted by Crippen LogP contribution is -2.23. The Morgan fingerprint density at radius 2 is 1.18 bits per heavy atom. The highest BCUT2D eigenvalue weighted by Gasteiger charge is 2.23. The molecule has 1 unspecified atom stereocenters. The monoisotopic (exact) mass is 396 g/mol. The van der Waals surface area contributed by atoms with Gasteiger partial charge in [-0.2, -0.15) is 0 Å². The lowest BCUT2D eigenvalue weighted by atomic mass is 9.85. The smallest absolute Gasteiger partial charge is 0.308 e. The van der Waals surface area contributed by atoms with Crippen molar-refractivity contribution < 1.29 is 9.53 Å². The number of carbonyl (C=O) groups excluding carboxylic acids is 1. The Morgan fingerprint density at radius 1 is 0.750 bits per heavy atom. The number of hydrogen-bond donors (Lipinski definition) is 0. The Kier molecular flexibility index (Phi) is 17.0. The summed E-state index contributed by atoms with van der Waals surface area (Å²) in [6.07, 6.45) is 19.4. The molecule has 0 aliphatic heterocycles. The summed E-state index contributed by atoms with van der Waals surface area (Å²) in [6.45, 7) is 13.8. The van der Waals surface area contributed by atoms with Crippen LogP contribution < -0.4 is 0 Å². The minimum Gasteiger partial charge on any atom is -0.465 e. The zero-order valence-corrected chi connectivity index (χ0v) is 20.3. The van der Waals surface area contributed by atoms with E-state index in [2.05, 4.69) is 34.6 Å². The molecule has 28 heavy (non-hydrogen) atoms. The molecule has 0 heterocycles. The van der Waals surface area contributed by atoms with Gasteiger partial charge in [-0.3, -0.25) is 4.79 Å². The average Bonchev–Trinajstić information content (AvgIpc) is 2.62. The Morgan fingerprint density at radius 3 is 1.61 bits per heavy atom. The summed E-state index contributed by atoms with van der Waals surface area (Å²) in [5.41, 5.74) is 0.175. The van der Waals surface area contributed by atoms with Gasteiger partial charge in [0.15, 0.2) is 0 Å². The largest absolute Gasteiger partial charge is 0.465 e. The molecule has 0 aliphatic carbocycles. The standard InChI is InChI=1S/C26H52O2/c1-7-9-11-13-15-17-19-24(20-18-16-14-12-10-8-2)22-28-25(27)23(3)21-26(4,5)6/h23-24H,7-22H2,1-6H3. The van der Waals surface area contributed by atoms with E-state index >= 15 is 0 Å².